The molecule has 1 unspecified atom stereocenters. The molecule has 6 nitrogen and oxygen atoms in total. The fourth-order valence-electron chi connectivity index (χ4n) is 2.80. The number of nitrogens with zero attached hydrogens (tertiary/aromatic N) is 1. The van der Waals surface area contributed by atoms with E-state index in [1.165, 1.54) is 0 Å². The molecule has 0 aliphatic rings. The number of ether oxygens (including phenoxy) is 1. The molecule has 0 aromatic heterocycles. The zero-order valence-corrected chi connectivity index (χ0v) is 17.8. The van der Waals surface area contributed by atoms with Crippen LogP contribution in [-0.2, 0) is 9.53 Å². The van der Waals surface area contributed by atoms with Crippen molar-refractivity contribution in [2.75, 3.05) is 26.7 Å². The maximum atomic E-state index is 11.7. The van der Waals surface area contributed by atoms with Gasteiger partial charge in [0.2, 0.25) is 0 Å². The Kier molecular flexibility index (Phi) is 11.3. The number of hydrogen-bond donors (Lipinski definition) is 3. The topological polar surface area (TPSA) is 83.0 Å². The molecule has 0 aliphatic carbocycles. The molecule has 1 aromatic carbocycles. The van der Waals surface area contributed by atoms with Gasteiger partial charge in [-0.1, -0.05) is 43.2 Å². The molecule has 0 radical (unpaired) electrons. The molecular formula is C22H37N3O3. The van der Waals surface area contributed by atoms with E-state index >= 15 is 0 Å². The Morgan fingerprint density at radius 2 is 1.79 bits per heavy atom. The molecule has 0 aliphatic heterocycles. The van der Waals surface area contributed by atoms with Crippen LogP contribution in [0, 0.1) is 0 Å². The summed E-state index contributed by atoms with van der Waals surface area (Å²) < 4.78 is 5.31. The van der Waals surface area contributed by atoms with Gasteiger partial charge in [-0.15, -0.1) is 0 Å². The lowest BCUT2D eigenvalue weighted by atomic mass is 10.0. The second-order valence-electron chi connectivity index (χ2n) is 7.92. The third-order valence-electron chi connectivity index (χ3n) is 4.25. The molecule has 28 heavy (non-hydrogen) atoms. The lowest BCUT2D eigenvalue weighted by Gasteiger charge is -2.19. The van der Waals surface area contributed by atoms with E-state index in [2.05, 4.69) is 15.6 Å². The van der Waals surface area contributed by atoms with Crippen molar-refractivity contribution in [2.45, 2.75) is 64.4 Å². The second-order valence-corrected chi connectivity index (χ2v) is 7.92. The van der Waals surface area contributed by atoms with Gasteiger partial charge in [-0.25, -0.2) is 0 Å². The minimum Gasteiger partial charge on any atom is -0.460 e. The van der Waals surface area contributed by atoms with E-state index in [9.17, 15) is 9.90 Å². The predicted octanol–water partition coefficient (Wildman–Crippen LogP) is 3.22. The summed E-state index contributed by atoms with van der Waals surface area (Å²) in [6, 6.07) is 9.98. The van der Waals surface area contributed by atoms with Crippen LogP contribution in [0.4, 0.5) is 0 Å². The largest absolute Gasteiger partial charge is 0.460 e. The molecule has 1 aromatic rings. The van der Waals surface area contributed by atoms with Crippen LogP contribution in [0.15, 0.2) is 35.3 Å². The van der Waals surface area contributed by atoms with Gasteiger partial charge in [0.1, 0.15) is 5.60 Å². The Hall–Kier alpha value is -2.08. The first-order valence-corrected chi connectivity index (χ1v) is 10.2. The summed E-state index contributed by atoms with van der Waals surface area (Å²) in [6.07, 6.45) is 4.41. The van der Waals surface area contributed by atoms with Gasteiger partial charge < -0.3 is 20.5 Å². The molecule has 0 heterocycles. The summed E-state index contributed by atoms with van der Waals surface area (Å²) >= 11 is 0. The number of aliphatic hydroxyl groups excluding tert-OH is 1. The standard InChI is InChI=1S/C22H37N3O3/c1-22(2,3)28-20(27)14-10-5-6-11-15-24-21(23-4)25-16-19(17-26)18-12-8-7-9-13-18/h7-9,12-13,19,26H,5-6,10-11,14-17H2,1-4H3,(H2,23,24,25). The summed E-state index contributed by atoms with van der Waals surface area (Å²) in [5.41, 5.74) is 0.706. The van der Waals surface area contributed by atoms with E-state index in [1.54, 1.807) is 7.05 Å². The summed E-state index contributed by atoms with van der Waals surface area (Å²) in [4.78, 5) is 15.9. The van der Waals surface area contributed by atoms with Crippen LogP contribution in [0.5, 0.6) is 0 Å². The normalized spacial score (nSPS) is 13.1. The zero-order chi connectivity index (χ0) is 20.8. The molecule has 0 fully saturated rings. The first-order valence-electron chi connectivity index (χ1n) is 10.2. The molecular weight excluding hydrogens is 354 g/mol. The van der Waals surface area contributed by atoms with Gasteiger partial charge in [-0.2, -0.15) is 0 Å². The van der Waals surface area contributed by atoms with Gasteiger partial charge in [0, 0.05) is 32.5 Å². The summed E-state index contributed by atoms with van der Waals surface area (Å²) in [7, 11) is 1.74. The molecule has 158 valence electrons. The number of guanidine groups is 1. The summed E-state index contributed by atoms with van der Waals surface area (Å²) in [5.74, 6) is 0.655. The fourth-order valence-corrected chi connectivity index (χ4v) is 2.80. The predicted molar refractivity (Wildman–Crippen MR) is 115 cm³/mol. The third-order valence-corrected chi connectivity index (χ3v) is 4.25. The van der Waals surface area contributed by atoms with Gasteiger partial charge in [0.05, 0.1) is 6.61 Å². The van der Waals surface area contributed by atoms with E-state index in [1.807, 2.05) is 51.1 Å². The van der Waals surface area contributed by atoms with Gasteiger partial charge in [0.25, 0.3) is 0 Å². The van der Waals surface area contributed by atoms with Gasteiger partial charge >= 0.3 is 5.97 Å². The maximum Gasteiger partial charge on any atom is 0.306 e. The lowest BCUT2D eigenvalue weighted by Crippen LogP contribution is -2.40. The molecule has 1 rings (SSSR count). The minimum atomic E-state index is -0.403. The number of aliphatic hydroxyl groups is 1. The number of rotatable bonds is 11. The molecule has 0 saturated heterocycles. The second kappa shape index (κ2) is 13.2. The van der Waals surface area contributed by atoms with Crippen molar-refractivity contribution in [1.29, 1.82) is 0 Å². The highest BCUT2D eigenvalue weighted by Gasteiger charge is 2.15. The number of unbranched alkanes of at least 4 members (excludes halogenated alkanes) is 3. The van der Waals surface area contributed by atoms with Crippen molar-refractivity contribution >= 4 is 11.9 Å². The Bertz CT molecular complexity index is 582. The SMILES string of the molecule is CN=C(NCCCCCCC(=O)OC(C)(C)C)NCC(CO)c1ccccc1. The highest BCUT2D eigenvalue weighted by molar-refractivity contribution is 5.79. The maximum absolute atomic E-state index is 11.7. The molecule has 6 heteroatoms. The highest BCUT2D eigenvalue weighted by Crippen LogP contribution is 2.13. The number of benzene rings is 1. The molecule has 0 amide bonds. The monoisotopic (exact) mass is 391 g/mol. The van der Waals surface area contributed by atoms with Gasteiger partial charge in [-0.3, -0.25) is 9.79 Å². The van der Waals surface area contributed by atoms with Crippen LogP contribution in [0.2, 0.25) is 0 Å². The molecule has 0 spiro atoms. The van der Waals surface area contributed by atoms with E-state index in [-0.39, 0.29) is 18.5 Å². The number of carbonyl (C=O) groups excluding carboxylic acids is 1. The average Bonchev–Trinajstić information content (AvgIpc) is 2.65. The third kappa shape index (κ3) is 10.9. The first-order chi connectivity index (χ1) is 13.4. The van der Waals surface area contributed by atoms with Gasteiger partial charge in [0.15, 0.2) is 5.96 Å². The number of carbonyl (C=O) groups is 1. The van der Waals surface area contributed by atoms with Crippen LogP contribution in [0.1, 0.15) is 64.4 Å². The van der Waals surface area contributed by atoms with Crippen LogP contribution >= 0.6 is 0 Å². The molecule has 3 N–H and O–H groups in total. The fraction of sp³-hybridized carbons (Fsp3) is 0.636. The number of aliphatic imine (C=N–C) groups is 1. The lowest BCUT2D eigenvalue weighted by molar-refractivity contribution is -0.154. The van der Waals surface area contributed by atoms with E-state index in [0.717, 1.165) is 43.8 Å². The van der Waals surface area contributed by atoms with Crippen LogP contribution in [0.3, 0.4) is 0 Å². The Balaban J connectivity index is 2.15. The van der Waals surface area contributed by atoms with Crippen molar-refractivity contribution in [2.24, 2.45) is 4.99 Å². The number of hydrogen-bond acceptors (Lipinski definition) is 4. The molecule has 0 bridgehead atoms. The first kappa shape index (κ1) is 24.0. The Morgan fingerprint density at radius 3 is 2.39 bits per heavy atom. The number of nitrogens with one attached hydrogen (secondary N) is 2. The van der Waals surface area contributed by atoms with Crippen molar-refractivity contribution in [3.63, 3.8) is 0 Å². The van der Waals surface area contributed by atoms with Crippen molar-refractivity contribution in [3.8, 4) is 0 Å². The average molecular weight is 392 g/mol. The smallest absolute Gasteiger partial charge is 0.306 e. The zero-order valence-electron chi connectivity index (χ0n) is 17.8. The molecule has 0 saturated carbocycles. The minimum absolute atomic E-state index is 0.0348. The number of esters is 1. The summed E-state index contributed by atoms with van der Waals surface area (Å²) in [5, 5.41) is 16.2. The quantitative estimate of drug-likeness (QED) is 0.233. The van der Waals surface area contributed by atoms with E-state index < -0.39 is 5.60 Å². The van der Waals surface area contributed by atoms with Crippen LogP contribution in [-0.4, -0.2) is 49.4 Å². The van der Waals surface area contributed by atoms with Crippen LogP contribution in [0.25, 0.3) is 0 Å². The van der Waals surface area contributed by atoms with E-state index in [4.69, 9.17) is 4.74 Å². The Morgan fingerprint density at radius 1 is 1.11 bits per heavy atom. The van der Waals surface area contributed by atoms with E-state index in [0.29, 0.717) is 13.0 Å². The molecule has 1 atom stereocenters. The van der Waals surface area contributed by atoms with Crippen molar-refractivity contribution < 1.29 is 14.6 Å². The van der Waals surface area contributed by atoms with Crippen molar-refractivity contribution in [3.05, 3.63) is 35.9 Å². The van der Waals surface area contributed by atoms with Crippen LogP contribution < -0.4 is 10.6 Å². The summed E-state index contributed by atoms with van der Waals surface area (Å²) in [6.45, 7) is 7.20. The Labute approximate surface area is 169 Å². The van der Waals surface area contributed by atoms with Crippen molar-refractivity contribution in [1.82, 2.24) is 10.6 Å². The highest BCUT2D eigenvalue weighted by atomic mass is 16.6. The van der Waals surface area contributed by atoms with Gasteiger partial charge in [-0.05, 0) is 39.2 Å².